The molecule has 0 saturated heterocycles. The third kappa shape index (κ3) is 4.55. The summed E-state index contributed by atoms with van der Waals surface area (Å²) in [5.74, 6) is -0.0306. The van der Waals surface area contributed by atoms with Crippen LogP contribution in [0.5, 0.6) is 5.75 Å². The number of benzene rings is 1. The van der Waals surface area contributed by atoms with Gasteiger partial charge in [-0.3, -0.25) is 4.79 Å². The van der Waals surface area contributed by atoms with Gasteiger partial charge in [-0.05, 0) is 64.2 Å². The molecule has 0 heterocycles. The quantitative estimate of drug-likeness (QED) is 0.676. The standard InChI is InChI=1S/C20H29NO5/c1-6-13(3)26-17-11-10-15(12-16(17)18(22)24-5)21-19(23)20(4,25-7-2)14-8-9-14/h10-14H,6-9H2,1-5H3,(H,21,23)/t13-,20-/m0/s1. The molecule has 1 aliphatic rings. The Labute approximate surface area is 155 Å². The van der Waals surface area contributed by atoms with Crippen LogP contribution in [0.4, 0.5) is 5.69 Å². The molecule has 2 rings (SSSR count). The van der Waals surface area contributed by atoms with Gasteiger partial charge in [0.2, 0.25) is 0 Å². The molecule has 0 radical (unpaired) electrons. The highest BCUT2D eigenvalue weighted by Gasteiger charge is 2.48. The summed E-state index contributed by atoms with van der Waals surface area (Å²) in [6, 6.07) is 4.99. The Kier molecular flexibility index (Phi) is 6.64. The first-order valence-electron chi connectivity index (χ1n) is 9.20. The second-order valence-corrected chi connectivity index (χ2v) is 6.81. The molecular weight excluding hydrogens is 334 g/mol. The number of anilines is 1. The lowest BCUT2D eigenvalue weighted by Gasteiger charge is -2.28. The zero-order valence-corrected chi connectivity index (χ0v) is 16.3. The summed E-state index contributed by atoms with van der Waals surface area (Å²) < 4.78 is 16.4. The number of nitrogens with one attached hydrogen (secondary N) is 1. The monoisotopic (exact) mass is 363 g/mol. The third-order valence-electron chi connectivity index (χ3n) is 4.80. The number of carbonyl (C=O) groups excluding carboxylic acids is 2. The number of hydrogen-bond donors (Lipinski definition) is 1. The van der Waals surface area contributed by atoms with E-state index in [1.54, 1.807) is 18.2 Å². The molecule has 1 amide bonds. The van der Waals surface area contributed by atoms with Gasteiger partial charge in [0.05, 0.1) is 13.2 Å². The molecule has 1 aromatic rings. The molecule has 2 atom stereocenters. The van der Waals surface area contributed by atoms with Crippen LogP contribution in [-0.4, -0.2) is 37.3 Å². The summed E-state index contributed by atoms with van der Waals surface area (Å²) in [6.07, 6.45) is 2.75. The van der Waals surface area contributed by atoms with Crippen molar-refractivity contribution in [3.63, 3.8) is 0 Å². The largest absolute Gasteiger partial charge is 0.490 e. The maximum absolute atomic E-state index is 12.8. The Morgan fingerprint density at radius 3 is 2.54 bits per heavy atom. The van der Waals surface area contributed by atoms with E-state index in [0.29, 0.717) is 18.0 Å². The number of carbonyl (C=O) groups is 2. The van der Waals surface area contributed by atoms with Crippen molar-refractivity contribution in [1.29, 1.82) is 0 Å². The van der Waals surface area contributed by atoms with Gasteiger partial charge in [0.1, 0.15) is 16.9 Å². The van der Waals surface area contributed by atoms with Crippen molar-refractivity contribution < 1.29 is 23.8 Å². The Hall–Kier alpha value is -2.08. The van der Waals surface area contributed by atoms with Crippen LogP contribution in [0.2, 0.25) is 0 Å². The average molecular weight is 363 g/mol. The van der Waals surface area contributed by atoms with Gasteiger partial charge in [-0.15, -0.1) is 0 Å². The summed E-state index contributed by atoms with van der Waals surface area (Å²) in [7, 11) is 1.32. The van der Waals surface area contributed by atoms with E-state index >= 15 is 0 Å². The summed E-state index contributed by atoms with van der Waals surface area (Å²) in [5.41, 5.74) is -0.0554. The normalized spacial score (nSPS) is 17.1. The van der Waals surface area contributed by atoms with Crippen molar-refractivity contribution in [2.75, 3.05) is 19.0 Å². The summed E-state index contributed by atoms with van der Waals surface area (Å²) in [5, 5.41) is 2.88. The highest BCUT2D eigenvalue weighted by atomic mass is 16.5. The van der Waals surface area contributed by atoms with E-state index in [-0.39, 0.29) is 23.5 Å². The summed E-state index contributed by atoms with van der Waals surface area (Å²) >= 11 is 0. The number of amides is 1. The van der Waals surface area contributed by atoms with E-state index in [2.05, 4.69) is 5.32 Å². The zero-order chi connectivity index (χ0) is 19.3. The van der Waals surface area contributed by atoms with E-state index in [1.807, 2.05) is 27.7 Å². The van der Waals surface area contributed by atoms with Crippen LogP contribution in [0, 0.1) is 5.92 Å². The molecule has 0 aromatic heterocycles. The van der Waals surface area contributed by atoms with Crippen LogP contribution < -0.4 is 10.1 Å². The summed E-state index contributed by atoms with van der Waals surface area (Å²) in [6.45, 7) is 8.11. The number of hydrogen-bond acceptors (Lipinski definition) is 5. The molecule has 1 aliphatic carbocycles. The molecule has 0 unspecified atom stereocenters. The van der Waals surface area contributed by atoms with Crippen LogP contribution in [0.1, 0.15) is 57.3 Å². The van der Waals surface area contributed by atoms with E-state index in [4.69, 9.17) is 14.2 Å². The zero-order valence-electron chi connectivity index (χ0n) is 16.3. The van der Waals surface area contributed by atoms with Crippen LogP contribution in [0.25, 0.3) is 0 Å². The molecule has 1 N–H and O–H groups in total. The van der Waals surface area contributed by atoms with E-state index in [1.165, 1.54) is 7.11 Å². The van der Waals surface area contributed by atoms with Gasteiger partial charge < -0.3 is 19.5 Å². The van der Waals surface area contributed by atoms with Crippen molar-refractivity contribution in [3.05, 3.63) is 23.8 Å². The minimum atomic E-state index is -0.855. The highest BCUT2D eigenvalue weighted by molar-refractivity contribution is 5.99. The maximum Gasteiger partial charge on any atom is 0.341 e. The van der Waals surface area contributed by atoms with Crippen molar-refractivity contribution >= 4 is 17.6 Å². The first-order chi connectivity index (χ1) is 12.3. The first kappa shape index (κ1) is 20.2. The number of ether oxygens (including phenoxy) is 3. The van der Waals surface area contributed by atoms with Gasteiger partial charge in [0.15, 0.2) is 0 Å². The maximum atomic E-state index is 12.8. The average Bonchev–Trinajstić information content (AvgIpc) is 3.47. The molecule has 144 valence electrons. The van der Waals surface area contributed by atoms with Crippen LogP contribution >= 0.6 is 0 Å². The van der Waals surface area contributed by atoms with Gasteiger partial charge >= 0.3 is 5.97 Å². The molecule has 0 aliphatic heterocycles. The fourth-order valence-electron chi connectivity index (χ4n) is 2.84. The number of esters is 1. The topological polar surface area (TPSA) is 73.9 Å². The Balaban J connectivity index is 2.23. The fraction of sp³-hybridized carbons (Fsp3) is 0.600. The van der Waals surface area contributed by atoms with Gasteiger partial charge in [0, 0.05) is 12.3 Å². The molecule has 1 saturated carbocycles. The lowest BCUT2D eigenvalue weighted by Crippen LogP contribution is -2.44. The number of methoxy groups -OCH3 is 1. The molecule has 1 fully saturated rings. The summed E-state index contributed by atoms with van der Waals surface area (Å²) in [4.78, 5) is 24.9. The van der Waals surface area contributed by atoms with Crippen LogP contribution in [-0.2, 0) is 14.3 Å². The highest BCUT2D eigenvalue weighted by Crippen LogP contribution is 2.42. The van der Waals surface area contributed by atoms with Gasteiger partial charge in [-0.2, -0.15) is 0 Å². The second-order valence-electron chi connectivity index (χ2n) is 6.81. The molecule has 6 nitrogen and oxygen atoms in total. The molecule has 26 heavy (non-hydrogen) atoms. The van der Waals surface area contributed by atoms with Crippen molar-refractivity contribution in [2.24, 2.45) is 5.92 Å². The second kappa shape index (κ2) is 8.54. The van der Waals surface area contributed by atoms with Crippen molar-refractivity contribution in [3.8, 4) is 5.75 Å². The SMILES string of the molecule is CCO[C@](C)(C(=O)Nc1ccc(O[C@@H](C)CC)c(C(=O)OC)c1)C1CC1. The fourth-order valence-corrected chi connectivity index (χ4v) is 2.84. The van der Waals surface area contributed by atoms with Gasteiger partial charge in [0.25, 0.3) is 5.91 Å². The molecule has 0 bridgehead atoms. The minimum absolute atomic E-state index is 0.0324. The Morgan fingerprint density at radius 1 is 1.31 bits per heavy atom. The van der Waals surface area contributed by atoms with Crippen molar-refractivity contribution in [1.82, 2.24) is 0 Å². The molecular formula is C20H29NO5. The lowest BCUT2D eigenvalue weighted by atomic mass is 9.98. The van der Waals surface area contributed by atoms with Gasteiger partial charge in [-0.25, -0.2) is 4.79 Å². The van der Waals surface area contributed by atoms with E-state index in [9.17, 15) is 9.59 Å². The number of rotatable bonds is 9. The smallest absolute Gasteiger partial charge is 0.341 e. The molecule has 6 heteroatoms. The Bertz CT molecular complexity index is 656. The predicted molar refractivity (Wildman–Crippen MR) is 99.5 cm³/mol. The molecule has 1 aromatic carbocycles. The third-order valence-corrected chi connectivity index (χ3v) is 4.80. The van der Waals surface area contributed by atoms with Crippen LogP contribution in [0.3, 0.4) is 0 Å². The van der Waals surface area contributed by atoms with Gasteiger partial charge in [-0.1, -0.05) is 6.92 Å². The predicted octanol–water partition coefficient (Wildman–Crippen LogP) is 3.79. The van der Waals surface area contributed by atoms with E-state index < -0.39 is 11.6 Å². The van der Waals surface area contributed by atoms with Crippen molar-refractivity contribution in [2.45, 2.75) is 58.7 Å². The van der Waals surface area contributed by atoms with Crippen LogP contribution in [0.15, 0.2) is 18.2 Å². The first-order valence-corrected chi connectivity index (χ1v) is 9.20. The minimum Gasteiger partial charge on any atom is -0.490 e. The Morgan fingerprint density at radius 2 is 2.00 bits per heavy atom. The molecule has 0 spiro atoms. The lowest BCUT2D eigenvalue weighted by molar-refractivity contribution is -0.141. The van der Waals surface area contributed by atoms with E-state index in [0.717, 1.165) is 19.3 Å².